The lowest BCUT2D eigenvalue weighted by molar-refractivity contribution is -0.132. The summed E-state index contributed by atoms with van der Waals surface area (Å²) in [5.41, 5.74) is 5.74. The molecule has 0 aromatic carbocycles. The molecule has 2 heterocycles. The maximum Gasteiger partial charge on any atom is 0.362 e. The minimum atomic E-state index is -0.623. The number of rotatable bonds is 4. The van der Waals surface area contributed by atoms with Crippen LogP contribution in [0.25, 0.3) is 0 Å². The third-order valence-electron chi connectivity index (χ3n) is 3.24. The van der Waals surface area contributed by atoms with Crippen LogP contribution in [0.15, 0.2) is 0 Å². The first-order chi connectivity index (χ1) is 9.63. The number of aromatic nitrogens is 3. The fourth-order valence-electron chi connectivity index (χ4n) is 2.15. The SMILES string of the molecule is CCOC(=O)c1nnn(CC(=O)N2CCCCC2)c1N. The molecule has 0 unspecified atom stereocenters. The van der Waals surface area contributed by atoms with E-state index in [1.807, 2.05) is 0 Å². The zero-order chi connectivity index (χ0) is 14.5. The van der Waals surface area contributed by atoms with Crippen molar-refractivity contribution in [2.75, 3.05) is 25.4 Å². The zero-order valence-electron chi connectivity index (χ0n) is 11.5. The van der Waals surface area contributed by atoms with Crippen LogP contribution < -0.4 is 5.73 Å². The van der Waals surface area contributed by atoms with Crippen LogP contribution in [0.1, 0.15) is 36.7 Å². The van der Waals surface area contributed by atoms with E-state index in [-0.39, 0.29) is 30.6 Å². The average Bonchev–Trinajstić information content (AvgIpc) is 2.81. The summed E-state index contributed by atoms with van der Waals surface area (Å²) in [6, 6.07) is 0. The Morgan fingerprint density at radius 2 is 2.00 bits per heavy atom. The lowest BCUT2D eigenvalue weighted by Gasteiger charge is -2.26. The number of anilines is 1. The first-order valence-electron chi connectivity index (χ1n) is 6.77. The van der Waals surface area contributed by atoms with Crippen LogP contribution in [0, 0.1) is 0 Å². The van der Waals surface area contributed by atoms with Crippen molar-refractivity contribution in [1.29, 1.82) is 0 Å². The van der Waals surface area contributed by atoms with Gasteiger partial charge in [0.1, 0.15) is 6.54 Å². The van der Waals surface area contributed by atoms with Crippen LogP contribution in [0.2, 0.25) is 0 Å². The normalized spacial score (nSPS) is 15.2. The van der Waals surface area contributed by atoms with Crippen LogP contribution in [-0.4, -0.2) is 51.5 Å². The lowest BCUT2D eigenvalue weighted by Crippen LogP contribution is -2.38. The van der Waals surface area contributed by atoms with Gasteiger partial charge in [-0.3, -0.25) is 4.79 Å². The van der Waals surface area contributed by atoms with Crippen molar-refractivity contribution in [2.24, 2.45) is 0 Å². The van der Waals surface area contributed by atoms with E-state index in [9.17, 15) is 9.59 Å². The molecule has 1 aliphatic rings. The number of likely N-dealkylation sites (tertiary alicyclic amines) is 1. The maximum absolute atomic E-state index is 12.1. The fraction of sp³-hybridized carbons (Fsp3) is 0.667. The number of nitrogen functional groups attached to an aromatic ring is 1. The second-order valence-corrected chi connectivity index (χ2v) is 4.64. The van der Waals surface area contributed by atoms with Gasteiger partial charge in [-0.05, 0) is 26.2 Å². The molecular formula is C12H19N5O3. The third kappa shape index (κ3) is 3.06. The highest BCUT2D eigenvalue weighted by Gasteiger charge is 2.22. The summed E-state index contributed by atoms with van der Waals surface area (Å²) in [5, 5.41) is 7.42. The van der Waals surface area contributed by atoms with Gasteiger partial charge in [0.05, 0.1) is 6.61 Å². The molecular weight excluding hydrogens is 262 g/mol. The van der Waals surface area contributed by atoms with E-state index in [1.165, 1.54) is 4.68 Å². The number of carbonyl (C=O) groups excluding carboxylic acids is 2. The summed E-state index contributed by atoms with van der Waals surface area (Å²) in [4.78, 5) is 25.4. The van der Waals surface area contributed by atoms with E-state index in [0.717, 1.165) is 32.4 Å². The Hall–Kier alpha value is -2.12. The number of nitrogens with zero attached hydrogens (tertiary/aromatic N) is 4. The number of hydrogen-bond acceptors (Lipinski definition) is 6. The highest BCUT2D eigenvalue weighted by atomic mass is 16.5. The van der Waals surface area contributed by atoms with Gasteiger partial charge in [0, 0.05) is 13.1 Å². The minimum absolute atomic E-state index is 0.00175. The Morgan fingerprint density at radius 1 is 1.30 bits per heavy atom. The smallest absolute Gasteiger partial charge is 0.362 e. The molecule has 110 valence electrons. The molecule has 8 heteroatoms. The van der Waals surface area contributed by atoms with E-state index in [1.54, 1.807) is 11.8 Å². The molecule has 0 atom stereocenters. The molecule has 1 amide bonds. The molecule has 2 rings (SSSR count). The molecule has 0 bridgehead atoms. The Labute approximate surface area is 116 Å². The molecule has 0 saturated carbocycles. The quantitative estimate of drug-likeness (QED) is 0.782. The summed E-state index contributed by atoms with van der Waals surface area (Å²) in [7, 11) is 0. The van der Waals surface area contributed by atoms with Crippen LogP contribution in [0.4, 0.5) is 5.82 Å². The Balaban J connectivity index is 2.02. The van der Waals surface area contributed by atoms with Crippen molar-refractivity contribution in [3.63, 3.8) is 0 Å². The number of carbonyl (C=O) groups is 2. The summed E-state index contributed by atoms with van der Waals surface area (Å²) in [6.45, 7) is 3.45. The summed E-state index contributed by atoms with van der Waals surface area (Å²) >= 11 is 0. The monoisotopic (exact) mass is 281 g/mol. The number of esters is 1. The Morgan fingerprint density at radius 3 is 2.65 bits per heavy atom. The van der Waals surface area contributed by atoms with Crippen molar-refractivity contribution in [3.8, 4) is 0 Å². The van der Waals surface area contributed by atoms with Crippen LogP contribution >= 0.6 is 0 Å². The van der Waals surface area contributed by atoms with E-state index < -0.39 is 5.97 Å². The van der Waals surface area contributed by atoms with Gasteiger partial charge in [0.25, 0.3) is 0 Å². The van der Waals surface area contributed by atoms with E-state index in [2.05, 4.69) is 10.3 Å². The summed E-state index contributed by atoms with van der Waals surface area (Å²) < 4.78 is 6.05. The number of nitrogens with two attached hydrogens (primary N) is 1. The molecule has 0 spiro atoms. The Kier molecular flexibility index (Phi) is 4.54. The molecule has 2 N–H and O–H groups in total. The standard InChI is InChI=1S/C12H19N5O3/c1-2-20-12(19)10-11(13)17(15-14-10)8-9(18)16-6-4-3-5-7-16/h2-8,13H2,1H3. The molecule has 1 saturated heterocycles. The van der Waals surface area contributed by atoms with Crippen LogP contribution in [0.5, 0.6) is 0 Å². The van der Waals surface area contributed by atoms with Crippen molar-refractivity contribution in [3.05, 3.63) is 5.69 Å². The van der Waals surface area contributed by atoms with Gasteiger partial charge in [-0.2, -0.15) is 0 Å². The summed E-state index contributed by atoms with van der Waals surface area (Å²) in [6.07, 6.45) is 3.20. The Bertz CT molecular complexity index is 493. The van der Waals surface area contributed by atoms with Gasteiger partial charge in [-0.15, -0.1) is 5.10 Å². The fourth-order valence-corrected chi connectivity index (χ4v) is 2.15. The zero-order valence-corrected chi connectivity index (χ0v) is 11.5. The molecule has 20 heavy (non-hydrogen) atoms. The molecule has 1 aliphatic heterocycles. The van der Waals surface area contributed by atoms with Gasteiger partial charge in [-0.1, -0.05) is 5.21 Å². The first kappa shape index (κ1) is 14.3. The van der Waals surface area contributed by atoms with Crippen LogP contribution in [0.3, 0.4) is 0 Å². The van der Waals surface area contributed by atoms with Crippen molar-refractivity contribution < 1.29 is 14.3 Å². The molecule has 0 radical (unpaired) electrons. The van der Waals surface area contributed by atoms with Crippen LogP contribution in [-0.2, 0) is 16.1 Å². The van der Waals surface area contributed by atoms with Crippen molar-refractivity contribution >= 4 is 17.7 Å². The average molecular weight is 281 g/mol. The number of ether oxygens (including phenoxy) is 1. The van der Waals surface area contributed by atoms with Gasteiger partial charge in [0.2, 0.25) is 11.6 Å². The van der Waals surface area contributed by atoms with Gasteiger partial charge < -0.3 is 15.4 Å². The highest BCUT2D eigenvalue weighted by Crippen LogP contribution is 2.12. The lowest BCUT2D eigenvalue weighted by atomic mass is 10.1. The van der Waals surface area contributed by atoms with Crippen molar-refractivity contribution in [1.82, 2.24) is 19.9 Å². The maximum atomic E-state index is 12.1. The highest BCUT2D eigenvalue weighted by molar-refractivity contribution is 5.92. The third-order valence-corrected chi connectivity index (χ3v) is 3.24. The predicted molar refractivity (Wildman–Crippen MR) is 70.8 cm³/mol. The predicted octanol–water partition coefficient (Wildman–Crippen LogP) is 0.0495. The number of amides is 1. The van der Waals surface area contributed by atoms with E-state index in [0.29, 0.717) is 0 Å². The molecule has 8 nitrogen and oxygen atoms in total. The molecule has 1 fully saturated rings. The van der Waals surface area contributed by atoms with Gasteiger partial charge in [-0.25, -0.2) is 9.48 Å². The number of hydrogen-bond donors (Lipinski definition) is 1. The summed E-state index contributed by atoms with van der Waals surface area (Å²) in [5.74, 6) is -0.618. The second-order valence-electron chi connectivity index (χ2n) is 4.64. The topological polar surface area (TPSA) is 103 Å². The molecule has 0 aliphatic carbocycles. The first-order valence-corrected chi connectivity index (χ1v) is 6.77. The largest absolute Gasteiger partial charge is 0.461 e. The second kappa shape index (κ2) is 6.36. The van der Waals surface area contributed by atoms with Gasteiger partial charge in [0.15, 0.2) is 5.82 Å². The van der Waals surface area contributed by atoms with Gasteiger partial charge >= 0.3 is 5.97 Å². The minimum Gasteiger partial charge on any atom is -0.461 e. The molecule has 1 aromatic rings. The number of piperidine rings is 1. The van der Waals surface area contributed by atoms with E-state index in [4.69, 9.17) is 10.5 Å². The van der Waals surface area contributed by atoms with E-state index >= 15 is 0 Å². The molecule has 1 aromatic heterocycles. The van der Waals surface area contributed by atoms with Crippen molar-refractivity contribution in [2.45, 2.75) is 32.7 Å².